The summed E-state index contributed by atoms with van der Waals surface area (Å²) in [5, 5.41) is 0. The molecule has 0 bridgehead atoms. The average molecular weight is 249 g/mol. The quantitative estimate of drug-likeness (QED) is 0.821. The summed E-state index contributed by atoms with van der Waals surface area (Å²) in [5.74, 6) is 0.953. The van der Waals surface area contributed by atoms with Crippen molar-refractivity contribution in [3.05, 3.63) is 29.3 Å². The van der Waals surface area contributed by atoms with Crippen molar-refractivity contribution in [2.45, 2.75) is 32.5 Å². The van der Waals surface area contributed by atoms with E-state index in [1.165, 1.54) is 11.1 Å². The van der Waals surface area contributed by atoms with Crippen LogP contribution in [0.5, 0.6) is 5.75 Å². The van der Waals surface area contributed by atoms with Crippen LogP contribution in [0.15, 0.2) is 18.2 Å². The number of ether oxygens (including phenoxy) is 2. The summed E-state index contributed by atoms with van der Waals surface area (Å²) in [6.07, 6.45) is 1.33. The fourth-order valence-electron chi connectivity index (χ4n) is 2.37. The molecule has 0 unspecified atom stereocenters. The Morgan fingerprint density at radius 1 is 1.17 bits per heavy atom. The zero-order chi connectivity index (χ0) is 13.1. The minimum atomic E-state index is 0.158. The van der Waals surface area contributed by atoms with E-state index in [-0.39, 0.29) is 12.2 Å². The van der Waals surface area contributed by atoms with Crippen molar-refractivity contribution in [3.8, 4) is 5.75 Å². The molecular formula is C15H23NO2. The Morgan fingerprint density at radius 2 is 1.94 bits per heavy atom. The molecule has 3 heteroatoms. The van der Waals surface area contributed by atoms with E-state index in [0.29, 0.717) is 0 Å². The van der Waals surface area contributed by atoms with Crippen LogP contribution in [0.1, 0.15) is 17.5 Å². The van der Waals surface area contributed by atoms with Gasteiger partial charge in [-0.2, -0.15) is 0 Å². The number of piperidine rings is 1. The predicted octanol–water partition coefficient (Wildman–Crippen LogP) is 2.40. The minimum Gasteiger partial charge on any atom is -0.488 e. The van der Waals surface area contributed by atoms with E-state index in [4.69, 9.17) is 9.47 Å². The predicted molar refractivity (Wildman–Crippen MR) is 73.2 cm³/mol. The maximum atomic E-state index is 6.09. The molecule has 0 aromatic heterocycles. The molecule has 1 fully saturated rings. The summed E-state index contributed by atoms with van der Waals surface area (Å²) in [4.78, 5) is 2.29. The number of hydrogen-bond donors (Lipinski definition) is 0. The monoisotopic (exact) mass is 249 g/mol. The van der Waals surface area contributed by atoms with Crippen LogP contribution in [0.3, 0.4) is 0 Å². The van der Waals surface area contributed by atoms with E-state index < -0.39 is 0 Å². The van der Waals surface area contributed by atoms with Crippen LogP contribution in [0.25, 0.3) is 0 Å². The van der Waals surface area contributed by atoms with Crippen LogP contribution < -0.4 is 4.74 Å². The Balaban J connectivity index is 2.05. The lowest BCUT2D eigenvalue weighted by molar-refractivity contribution is -0.0435. The van der Waals surface area contributed by atoms with Gasteiger partial charge in [0.05, 0.1) is 0 Å². The molecule has 2 rings (SSSR count). The largest absolute Gasteiger partial charge is 0.488 e. The summed E-state index contributed by atoms with van der Waals surface area (Å²) in [7, 11) is 3.89. The van der Waals surface area contributed by atoms with Gasteiger partial charge in [0.1, 0.15) is 18.0 Å². The van der Waals surface area contributed by atoms with Gasteiger partial charge < -0.3 is 14.4 Å². The van der Waals surface area contributed by atoms with Crippen molar-refractivity contribution in [2.24, 2.45) is 0 Å². The Bertz CT molecular complexity index is 405. The van der Waals surface area contributed by atoms with E-state index in [2.05, 4.69) is 37.9 Å². The van der Waals surface area contributed by atoms with Crippen LogP contribution in [-0.4, -0.2) is 44.4 Å². The van der Waals surface area contributed by atoms with Crippen LogP contribution in [0.4, 0.5) is 0 Å². The van der Waals surface area contributed by atoms with Crippen LogP contribution in [0.2, 0.25) is 0 Å². The van der Waals surface area contributed by atoms with Gasteiger partial charge >= 0.3 is 0 Å². The first kappa shape index (κ1) is 13.4. The smallest absolute Gasteiger partial charge is 0.127 e. The van der Waals surface area contributed by atoms with Crippen LogP contribution in [0, 0.1) is 13.8 Å². The Kier molecular flexibility index (Phi) is 4.25. The third-order valence-electron chi connectivity index (χ3n) is 3.77. The van der Waals surface area contributed by atoms with Crippen molar-refractivity contribution in [1.82, 2.24) is 4.90 Å². The zero-order valence-corrected chi connectivity index (χ0v) is 11.8. The fourth-order valence-corrected chi connectivity index (χ4v) is 2.37. The second-order valence-electron chi connectivity index (χ2n) is 5.23. The Hall–Kier alpha value is -1.06. The van der Waals surface area contributed by atoms with Gasteiger partial charge in [0, 0.05) is 20.2 Å². The van der Waals surface area contributed by atoms with Gasteiger partial charge in [0.2, 0.25) is 0 Å². The molecule has 0 amide bonds. The molecule has 1 aliphatic heterocycles. The van der Waals surface area contributed by atoms with Crippen LogP contribution >= 0.6 is 0 Å². The summed E-state index contributed by atoms with van der Waals surface area (Å²) < 4.78 is 11.6. The lowest BCUT2D eigenvalue weighted by Gasteiger charge is -2.35. The topological polar surface area (TPSA) is 21.7 Å². The number of likely N-dealkylation sites (tertiary alicyclic amines) is 1. The molecule has 1 aromatic carbocycles. The highest BCUT2D eigenvalue weighted by atomic mass is 16.5. The first-order valence-electron chi connectivity index (χ1n) is 6.55. The van der Waals surface area contributed by atoms with E-state index in [0.717, 1.165) is 25.3 Å². The number of nitrogens with zero attached hydrogens (tertiary/aromatic N) is 1. The highest BCUT2D eigenvalue weighted by molar-refractivity contribution is 5.34. The third-order valence-corrected chi connectivity index (χ3v) is 3.77. The summed E-state index contributed by atoms with van der Waals surface area (Å²) in [5.41, 5.74) is 2.57. The molecule has 2 atom stereocenters. The molecule has 0 radical (unpaired) electrons. The minimum absolute atomic E-state index is 0.158. The molecule has 3 nitrogen and oxygen atoms in total. The van der Waals surface area contributed by atoms with Crippen molar-refractivity contribution in [1.29, 1.82) is 0 Å². The lowest BCUT2D eigenvalue weighted by Crippen LogP contribution is -2.48. The molecule has 0 spiro atoms. The molecule has 0 N–H and O–H groups in total. The standard InChI is InChI=1S/C15H23NO2/c1-11-5-6-13(9-12(11)2)18-14-7-8-16(3)10-15(14)17-4/h5-6,9,14-15H,7-8,10H2,1-4H3/t14-,15+/m0/s1. The molecule has 100 valence electrons. The van der Waals surface area contributed by atoms with Crippen molar-refractivity contribution in [2.75, 3.05) is 27.2 Å². The van der Waals surface area contributed by atoms with E-state index in [1.807, 2.05) is 6.07 Å². The average Bonchev–Trinajstić information content (AvgIpc) is 2.36. The highest BCUT2D eigenvalue weighted by Crippen LogP contribution is 2.22. The maximum absolute atomic E-state index is 6.09. The molecule has 1 aliphatic rings. The van der Waals surface area contributed by atoms with E-state index in [9.17, 15) is 0 Å². The highest BCUT2D eigenvalue weighted by Gasteiger charge is 2.29. The molecule has 0 saturated carbocycles. The van der Waals surface area contributed by atoms with Crippen LogP contribution in [-0.2, 0) is 4.74 Å². The van der Waals surface area contributed by atoms with Gasteiger partial charge in [0.15, 0.2) is 0 Å². The number of rotatable bonds is 3. The third kappa shape index (κ3) is 3.03. The molecule has 0 aliphatic carbocycles. The van der Waals surface area contributed by atoms with Crippen molar-refractivity contribution in [3.63, 3.8) is 0 Å². The second kappa shape index (κ2) is 5.72. The van der Waals surface area contributed by atoms with Crippen molar-refractivity contribution >= 4 is 0 Å². The fraction of sp³-hybridized carbons (Fsp3) is 0.600. The maximum Gasteiger partial charge on any atom is 0.127 e. The molecular weight excluding hydrogens is 226 g/mol. The summed E-state index contributed by atoms with van der Waals surface area (Å²) in [6, 6.07) is 6.27. The Labute approximate surface area is 110 Å². The molecule has 1 saturated heterocycles. The van der Waals surface area contributed by atoms with Gasteiger partial charge in [-0.15, -0.1) is 0 Å². The summed E-state index contributed by atoms with van der Waals surface area (Å²) >= 11 is 0. The zero-order valence-electron chi connectivity index (χ0n) is 11.8. The number of aryl methyl sites for hydroxylation is 2. The van der Waals surface area contributed by atoms with Gasteiger partial charge in [-0.25, -0.2) is 0 Å². The normalized spacial score (nSPS) is 25.1. The second-order valence-corrected chi connectivity index (χ2v) is 5.23. The van der Waals surface area contributed by atoms with Crippen molar-refractivity contribution < 1.29 is 9.47 Å². The SMILES string of the molecule is CO[C@@H]1CN(C)CC[C@@H]1Oc1ccc(C)c(C)c1. The van der Waals surface area contributed by atoms with Gasteiger partial charge in [-0.1, -0.05) is 6.07 Å². The molecule has 18 heavy (non-hydrogen) atoms. The van der Waals surface area contributed by atoms with E-state index in [1.54, 1.807) is 7.11 Å². The van der Waals surface area contributed by atoms with Gasteiger partial charge in [-0.3, -0.25) is 0 Å². The number of hydrogen-bond acceptors (Lipinski definition) is 3. The molecule has 1 aromatic rings. The van der Waals surface area contributed by atoms with Gasteiger partial charge in [-0.05, 0) is 50.6 Å². The lowest BCUT2D eigenvalue weighted by atomic mass is 10.0. The Morgan fingerprint density at radius 3 is 2.61 bits per heavy atom. The number of methoxy groups -OCH3 is 1. The van der Waals surface area contributed by atoms with E-state index >= 15 is 0 Å². The summed E-state index contributed by atoms with van der Waals surface area (Å²) in [6.45, 7) is 6.23. The number of benzene rings is 1. The first-order chi connectivity index (χ1) is 8.60. The number of likely N-dealkylation sites (N-methyl/N-ethyl adjacent to an activating group) is 1. The first-order valence-corrected chi connectivity index (χ1v) is 6.55. The molecule has 1 heterocycles. The van der Waals surface area contributed by atoms with Gasteiger partial charge in [0.25, 0.3) is 0 Å².